The van der Waals surface area contributed by atoms with Gasteiger partial charge < -0.3 is 5.32 Å². The van der Waals surface area contributed by atoms with Crippen LogP contribution in [0.2, 0.25) is 0 Å². The van der Waals surface area contributed by atoms with E-state index in [1.807, 2.05) is 17.1 Å². The van der Waals surface area contributed by atoms with Crippen molar-refractivity contribution in [3.63, 3.8) is 0 Å². The number of aromatic nitrogens is 4. The van der Waals surface area contributed by atoms with Crippen molar-refractivity contribution in [2.75, 3.05) is 6.54 Å². The lowest BCUT2D eigenvalue weighted by molar-refractivity contribution is 0.546. The second kappa shape index (κ2) is 5.82. The fraction of sp³-hybridized carbons (Fsp3) is 0.385. The molecular formula is C13H16IN5S. The minimum Gasteiger partial charge on any atom is -0.311 e. The van der Waals surface area contributed by atoms with Gasteiger partial charge in [0, 0.05) is 24.3 Å². The molecule has 0 saturated carbocycles. The number of hydrogen-bond donors (Lipinski definition) is 1. The van der Waals surface area contributed by atoms with Gasteiger partial charge >= 0.3 is 0 Å². The molecule has 0 unspecified atom stereocenters. The van der Waals surface area contributed by atoms with Crippen molar-refractivity contribution in [3.05, 3.63) is 33.2 Å². The number of rotatable bonds is 5. The fourth-order valence-electron chi connectivity index (χ4n) is 2.06. The molecular weight excluding hydrogens is 385 g/mol. The molecule has 7 heteroatoms. The molecule has 0 bridgehead atoms. The summed E-state index contributed by atoms with van der Waals surface area (Å²) in [5, 5.41) is 9.92. The summed E-state index contributed by atoms with van der Waals surface area (Å²) in [6, 6.07) is 0. The maximum absolute atomic E-state index is 4.69. The van der Waals surface area contributed by atoms with Gasteiger partial charge in [-0.05, 0) is 35.1 Å². The number of thiazole rings is 1. The van der Waals surface area contributed by atoms with Crippen molar-refractivity contribution in [1.29, 1.82) is 0 Å². The first-order valence-corrected chi connectivity index (χ1v) is 8.46. The molecule has 3 aromatic rings. The van der Waals surface area contributed by atoms with Gasteiger partial charge in [0.2, 0.25) is 0 Å². The summed E-state index contributed by atoms with van der Waals surface area (Å²) >= 11 is 3.91. The minimum absolute atomic E-state index is 0.634. The average Bonchev–Trinajstić information content (AvgIpc) is 3.05. The first kappa shape index (κ1) is 14.0. The maximum atomic E-state index is 4.69. The van der Waals surface area contributed by atoms with Gasteiger partial charge in [-0.1, -0.05) is 13.8 Å². The Morgan fingerprint density at radius 2 is 2.30 bits per heavy atom. The van der Waals surface area contributed by atoms with E-state index in [0.29, 0.717) is 5.92 Å². The van der Waals surface area contributed by atoms with Crippen LogP contribution in [0.1, 0.15) is 19.5 Å². The van der Waals surface area contributed by atoms with Gasteiger partial charge in [0.15, 0.2) is 10.8 Å². The fourth-order valence-corrected chi connectivity index (χ4v) is 3.18. The van der Waals surface area contributed by atoms with E-state index >= 15 is 0 Å². The second-order valence-electron chi connectivity index (χ2n) is 5.07. The number of fused-ring (bicyclic) bond motifs is 1. The van der Waals surface area contributed by atoms with Crippen molar-refractivity contribution in [2.24, 2.45) is 5.92 Å². The summed E-state index contributed by atoms with van der Waals surface area (Å²) < 4.78 is 5.11. The topological polar surface area (TPSA) is 47.2 Å². The van der Waals surface area contributed by atoms with E-state index < -0.39 is 0 Å². The Morgan fingerprint density at radius 3 is 3.00 bits per heavy atom. The van der Waals surface area contributed by atoms with Gasteiger partial charge in [-0.15, -0.1) is 11.3 Å². The molecule has 3 rings (SSSR count). The zero-order chi connectivity index (χ0) is 14.1. The van der Waals surface area contributed by atoms with Crippen molar-refractivity contribution < 1.29 is 0 Å². The lowest BCUT2D eigenvalue weighted by atomic mass is 10.2. The first-order valence-electron chi connectivity index (χ1n) is 6.51. The van der Waals surface area contributed by atoms with Gasteiger partial charge in [-0.3, -0.25) is 4.40 Å². The van der Waals surface area contributed by atoms with Crippen LogP contribution in [0.3, 0.4) is 0 Å². The van der Waals surface area contributed by atoms with E-state index in [0.717, 1.165) is 33.1 Å². The minimum atomic E-state index is 0.634. The third-order valence-electron chi connectivity index (χ3n) is 2.95. The second-order valence-corrected chi connectivity index (χ2v) is 7.18. The molecule has 20 heavy (non-hydrogen) atoms. The van der Waals surface area contributed by atoms with Crippen LogP contribution in [0.25, 0.3) is 10.8 Å². The Hall–Kier alpha value is -0.930. The Balaban J connectivity index is 1.96. The van der Waals surface area contributed by atoms with E-state index in [4.69, 9.17) is 4.98 Å². The molecule has 0 fully saturated rings. The molecule has 3 aromatic heterocycles. The molecule has 0 atom stereocenters. The van der Waals surface area contributed by atoms with Crippen LogP contribution in [0.15, 0.2) is 24.0 Å². The molecule has 0 saturated heterocycles. The zero-order valence-corrected chi connectivity index (χ0v) is 14.4. The Morgan fingerprint density at radius 1 is 1.45 bits per heavy atom. The first-order chi connectivity index (χ1) is 9.65. The molecule has 106 valence electrons. The van der Waals surface area contributed by atoms with Crippen LogP contribution in [0.4, 0.5) is 0 Å². The highest BCUT2D eigenvalue weighted by molar-refractivity contribution is 14.1. The Kier molecular flexibility index (Phi) is 4.08. The summed E-state index contributed by atoms with van der Waals surface area (Å²) in [7, 11) is 0. The van der Waals surface area contributed by atoms with Crippen LogP contribution in [-0.2, 0) is 6.54 Å². The van der Waals surface area contributed by atoms with Crippen molar-refractivity contribution >= 4 is 38.9 Å². The maximum Gasteiger partial charge on any atom is 0.196 e. The normalized spacial score (nSPS) is 11.8. The number of nitrogens with zero attached hydrogens (tertiary/aromatic N) is 4. The molecule has 0 aliphatic carbocycles. The number of nitrogens with one attached hydrogen (secondary N) is 1. The van der Waals surface area contributed by atoms with E-state index in [9.17, 15) is 0 Å². The van der Waals surface area contributed by atoms with Gasteiger partial charge in [-0.25, -0.2) is 4.68 Å². The predicted octanol–water partition coefficient (Wildman–Crippen LogP) is 2.93. The SMILES string of the molecule is CC(C)CNCc1c(-n2cc(I)cn2)nc2sccn12. The van der Waals surface area contributed by atoms with Crippen LogP contribution >= 0.6 is 33.9 Å². The summed E-state index contributed by atoms with van der Waals surface area (Å²) in [6.45, 7) is 6.20. The monoisotopic (exact) mass is 401 g/mol. The predicted molar refractivity (Wildman–Crippen MR) is 89.5 cm³/mol. The Bertz CT molecular complexity index is 711. The molecule has 1 N–H and O–H groups in total. The highest BCUT2D eigenvalue weighted by Crippen LogP contribution is 2.20. The number of imidazole rings is 1. The van der Waals surface area contributed by atoms with Crippen LogP contribution < -0.4 is 5.32 Å². The summed E-state index contributed by atoms with van der Waals surface area (Å²) in [5.74, 6) is 1.55. The van der Waals surface area contributed by atoms with Crippen LogP contribution in [0.5, 0.6) is 0 Å². The zero-order valence-electron chi connectivity index (χ0n) is 11.4. The molecule has 0 aliphatic rings. The van der Waals surface area contributed by atoms with Gasteiger partial charge in [0.25, 0.3) is 0 Å². The van der Waals surface area contributed by atoms with Crippen molar-refractivity contribution in [2.45, 2.75) is 20.4 Å². The van der Waals surface area contributed by atoms with Crippen molar-refractivity contribution in [1.82, 2.24) is 24.5 Å². The third kappa shape index (κ3) is 2.75. The lowest BCUT2D eigenvalue weighted by Crippen LogP contribution is -2.20. The van der Waals surface area contributed by atoms with E-state index in [2.05, 4.69) is 62.8 Å². The molecule has 0 spiro atoms. The average molecular weight is 401 g/mol. The summed E-state index contributed by atoms with van der Waals surface area (Å²) in [5.41, 5.74) is 1.15. The highest BCUT2D eigenvalue weighted by Gasteiger charge is 2.15. The van der Waals surface area contributed by atoms with Crippen LogP contribution in [0, 0.1) is 9.49 Å². The molecule has 0 radical (unpaired) electrons. The van der Waals surface area contributed by atoms with Crippen molar-refractivity contribution in [3.8, 4) is 5.82 Å². The quantitative estimate of drug-likeness (QED) is 0.669. The molecule has 0 aromatic carbocycles. The standard InChI is InChI=1S/C13H16IN5S/c1-9(2)5-15-7-11-12(19-8-10(14)6-16-19)17-13-18(11)3-4-20-13/h3-4,6,8-9,15H,5,7H2,1-2H3. The number of hydrogen-bond acceptors (Lipinski definition) is 4. The molecule has 5 nitrogen and oxygen atoms in total. The van der Waals surface area contributed by atoms with Gasteiger partial charge in [0.05, 0.1) is 15.5 Å². The number of halogens is 1. The Labute approximate surface area is 135 Å². The van der Waals surface area contributed by atoms with E-state index in [1.165, 1.54) is 0 Å². The van der Waals surface area contributed by atoms with Gasteiger partial charge in [-0.2, -0.15) is 10.1 Å². The molecule has 3 heterocycles. The smallest absolute Gasteiger partial charge is 0.196 e. The summed E-state index contributed by atoms with van der Waals surface area (Å²) in [6.07, 6.45) is 5.91. The summed E-state index contributed by atoms with van der Waals surface area (Å²) in [4.78, 5) is 5.70. The van der Waals surface area contributed by atoms with Gasteiger partial charge in [0.1, 0.15) is 0 Å². The third-order valence-corrected chi connectivity index (χ3v) is 4.27. The molecule has 0 aliphatic heterocycles. The largest absolute Gasteiger partial charge is 0.311 e. The molecule has 0 amide bonds. The lowest BCUT2D eigenvalue weighted by Gasteiger charge is -2.08. The van der Waals surface area contributed by atoms with E-state index in [1.54, 1.807) is 11.3 Å². The van der Waals surface area contributed by atoms with Crippen LogP contribution in [-0.4, -0.2) is 25.7 Å². The highest BCUT2D eigenvalue weighted by atomic mass is 127. The van der Waals surface area contributed by atoms with E-state index in [-0.39, 0.29) is 0 Å².